The van der Waals surface area contributed by atoms with Gasteiger partial charge >= 0.3 is 12.0 Å². The number of aliphatic carboxylic acids is 1. The molecule has 0 bridgehead atoms. The Bertz CT molecular complexity index is 497. The quantitative estimate of drug-likeness (QED) is 0.887. The molecule has 0 spiro atoms. The van der Waals surface area contributed by atoms with Crippen molar-refractivity contribution in [1.29, 1.82) is 0 Å². The maximum absolute atomic E-state index is 12.9. The molecule has 1 aromatic carbocycles. The molecule has 104 valence electrons. The number of urea groups is 1. The van der Waals surface area contributed by atoms with Crippen LogP contribution in [-0.4, -0.2) is 34.6 Å². The molecule has 0 saturated carbocycles. The minimum Gasteiger partial charge on any atom is -0.480 e. The van der Waals surface area contributed by atoms with Crippen molar-refractivity contribution in [2.24, 2.45) is 0 Å². The molecule has 2 amide bonds. The van der Waals surface area contributed by atoms with E-state index >= 15 is 0 Å². The Morgan fingerprint density at radius 1 is 1.21 bits per heavy atom. The van der Waals surface area contributed by atoms with Gasteiger partial charge in [0.05, 0.1) is 0 Å². The molecule has 1 aromatic rings. The van der Waals surface area contributed by atoms with Crippen molar-refractivity contribution in [3.05, 3.63) is 29.8 Å². The molecule has 0 heterocycles. The lowest BCUT2D eigenvalue weighted by Crippen LogP contribution is -2.52. The van der Waals surface area contributed by atoms with E-state index in [1.807, 2.05) is 0 Å². The summed E-state index contributed by atoms with van der Waals surface area (Å²) in [6.45, 7) is 2.67. The van der Waals surface area contributed by atoms with Crippen LogP contribution in [0, 0.1) is 11.6 Å². The highest BCUT2D eigenvalue weighted by Gasteiger charge is 2.35. The minimum absolute atomic E-state index is 0.0875. The smallest absolute Gasteiger partial charge is 0.329 e. The number of likely N-dealkylation sites (N-methyl/N-ethyl adjacent to an activating group) is 1. The molecular weight excluding hydrogens is 258 g/mol. The van der Waals surface area contributed by atoms with Gasteiger partial charge in [-0.05, 0) is 26.0 Å². The first kappa shape index (κ1) is 14.9. The molecule has 5 nitrogen and oxygen atoms in total. The van der Waals surface area contributed by atoms with E-state index in [4.69, 9.17) is 5.11 Å². The first-order valence-electron chi connectivity index (χ1n) is 5.39. The number of carbonyl (C=O) groups is 2. The second-order valence-corrected chi connectivity index (χ2v) is 4.51. The van der Waals surface area contributed by atoms with E-state index in [0.717, 1.165) is 17.0 Å². The van der Waals surface area contributed by atoms with Gasteiger partial charge in [0.15, 0.2) is 0 Å². The highest BCUT2D eigenvalue weighted by molar-refractivity contribution is 5.93. The third-order valence-electron chi connectivity index (χ3n) is 2.78. The zero-order valence-electron chi connectivity index (χ0n) is 10.7. The summed E-state index contributed by atoms with van der Waals surface area (Å²) in [6.07, 6.45) is 0. The highest BCUT2D eigenvalue weighted by Crippen LogP contribution is 2.17. The molecule has 0 fully saturated rings. The SMILES string of the molecule is CN(C(=O)Nc1cc(F)cc(F)c1)C(C)(C)C(=O)O. The van der Waals surface area contributed by atoms with Gasteiger partial charge in [0, 0.05) is 18.8 Å². The van der Waals surface area contributed by atoms with E-state index < -0.39 is 29.2 Å². The molecule has 0 radical (unpaired) electrons. The molecule has 1 rings (SSSR count). The van der Waals surface area contributed by atoms with E-state index in [1.165, 1.54) is 20.9 Å². The number of amides is 2. The Kier molecular flexibility index (Phi) is 4.08. The number of carboxylic acid groups (broad SMARTS) is 1. The van der Waals surface area contributed by atoms with Crippen molar-refractivity contribution < 1.29 is 23.5 Å². The number of nitrogens with zero attached hydrogens (tertiary/aromatic N) is 1. The van der Waals surface area contributed by atoms with Crippen LogP contribution in [0.5, 0.6) is 0 Å². The molecule has 0 unspecified atom stereocenters. The lowest BCUT2D eigenvalue weighted by Gasteiger charge is -2.31. The second kappa shape index (κ2) is 5.21. The molecule has 19 heavy (non-hydrogen) atoms. The monoisotopic (exact) mass is 272 g/mol. The molecular formula is C12H14F2N2O3. The number of rotatable bonds is 3. The van der Waals surface area contributed by atoms with Crippen molar-refractivity contribution in [1.82, 2.24) is 4.90 Å². The van der Waals surface area contributed by atoms with E-state index in [9.17, 15) is 18.4 Å². The molecule has 0 saturated heterocycles. The lowest BCUT2D eigenvalue weighted by molar-refractivity contribution is -0.146. The summed E-state index contributed by atoms with van der Waals surface area (Å²) < 4.78 is 25.9. The van der Waals surface area contributed by atoms with Crippen molar-refractivity contribution in [3.8, 4) is 0 Å². The summed E-state index contributed by atoms with van der Waals surface area (Å²) in [5.41, 5.74) is -1.54. The fourth-order valence-corrected chi connectivity index (χ4v) is 1.23. The number of hydrogen-bond donors (Lipinski definition) is 2. The highest BCUT2D eigenvalue weighted by atomic mass is 19.1. The molecule has 2 N–H and O–H groups in total. The third-order valence-corrected chi connectivity index (χ3v) is 2.78. The molecule has 0 aromatic heterocycles. The largest absolute Gasteiger partial charge is 0.480 e. The third kappa shape index (κ3) is 3.40. The Hall–Kier alpha value is -2.18. The Morgan fingerprint density at radius 2 is 1.68 bits per heavy atom. The summed E-state index contributed by atoms with van der Waals surface area (Å²) in [7, 11) is 1.28. The maximum Gasteiger partial charge on any atom is 0.329 e. The predicted octanol–water partition coefficient (Wildman–Crippen LogP) is 2.29. The van der Waals surface area contributed by atoms with Crippen molar-refractivity contribution >= 4 is 17.7 Å². The van der Waals surface area contributed by atoms with Crippen LogP contribution >= 0.6 is 0 Å². The van der Waals surface area contributed by atoms with Crippen LogP contribution in [0.25, 0.3) is 0 Å². The zero-order valence-corrected chi connectivity index (χ0v) is 10.7. The van der Waals surface area contributed by atoms with Crippen LogP contribution in [0.3, 0.4) is 0 Å². The normalized spacial score (nSPS) is 11.0. The van der Waals surface area contributed by atoms with E-state index in [2.05, 4.69) is 5.32 Å². The molecule has 0 aliphatic carbocycles. The molecule has 0 aliphatic heterocycles. The number of nitrogens with one attached hydrogen (secondary N) is 1. The minimum atomic E-state index is -1.45. The topological polar surface area (TPSA) is 69.6 Å². The van der Waals surface area contributed by atoms with E-state index in [1.54, 1.807) is 0 Å². The summed E-state index contributed by atoms with van der Waals surface area (Å²) in [5.74, 6) is -2.87. The van der Waals surface area contributed by atoms with Crippen LogP contribution in [0.4, 0.5) is 19.3 Å². The maximum atomic E-state index is 12.9. The van der Waals surface area contributed by atoms with E-state index in [-0.39, 0.29) is 5.69 Å². The van der Waals surface area contributed by atoms with Crippen LogP contribution < -0.4 is 5.32 Å². The number of anilines is 1. The fraction of sp³-hybridized carbons (Fsp3) is 0.333. The van der Waals surface area contributed by atoms with Gasteiger partial charge in [-0.15, -0.1) is 0 Å². The summed E-state index contributed by atoms with van der Waals surface area (Å²) in [5, 5.41) is 11.2. The van der Waals surface area contributed by atoms with Gasteiger partial charge in [0.1, 0.15) is 17.2 Å². The number of hydrogen-bond acceptors (Lipinski definition) is 2. The van der Waals surface area contributed by atoms with E-state index in [0.29, 0.717) is 6.07 Å². The van der Waals surface area contributed by atoms with Gasteiger partial charge in [-0.2, -0.15) is 0 Å². The Morgan fingerprint density at radius 3 is 2.11 bits per heavy atom. The molecule has 0 atom stereocenters. The molecule has 7 heteroatoms. The number of carboxylic acids is 1. The first-order chi connectivity index (χ1) is 8.64. The van der Waals surface area contributed by atoms with Gasteiger partial charge in [-0.3, -0.25) is 0 Å². The predicted molar refractivity (Wildman–Crippen MR) is 64.9 cm³/mol. The standard InChI is InChI=1S/C12H14F2N2O3/c1-12(2,10(17)18)16(3)11(19)15-9-5-7(13)4-8(14)6-9/h4-6H,1-3H3,(H,15,19)(H,17,18). The molecule has 0 aliphatic rings. The van der Waals surface area contributed by atoms with Gasteiger partial charge in [0.25, 0.3) is 0 Å². The van der Waals surface area contributed by atoms with Gasteiger partial charge < -0.3 is 15.3 Å². The number of benzene rings is 1. The van der Waals surface area contributed by atoms with Gasteiger partial charge in [-0.1, -0.05) is 0 Å². The summed E-state index contributed by atoms with van der Waals surface area (Å²) >= 11 is 0. The first-order valence-corrected chi connectivity index (χ1v) is 5.39. The Labute approximate surface area is 108 Å². The second-order valence-electron chi connectivity index (χ2n) is 4.51. The number of halogens is 2. The van der Waals surface area contributed by atoms with Crippen LogP contribution in [0.2, 0.25) is 0 Å². The van der Waals surface area contributed by atoms with Crippen LogP contribution in [0.15, 0.2) is 18.2 Å². The summed E-state index contributed by atoms with van der Waals surface area (Å²) in [4.78, 5) is 23.7. The number of carbonyl (C=O) groups excluding carboxylic acids is 1. The fourth-order valence-electron chi connectivity index (χ4n) is 1.23. The lowest BCUT2D eigenvalue weighted by atomic mass is 10.1. The van der Waals surface area contributed by atoms with Gasteiger partial charge in [0.2, 0.25) is 0 Å². The van der Waals surface area contributed by atoms with Crippen molar-refractivity contribution in [2.75, 3.05) is 12.4 Å². The Balaban J connectivity index is 2.88. The van der Waals surface area contributed by atoms with Gasteiger partial charge in [-0.25, -0.2) is 18.4 Å². The van der Waals surface area contributed by atoms with Crippen molar-refractivity contribution in [2.45, 2.75) is 19.4 Å². The van der Waals surface area contributed by atoms with Crippen LogP contribution in [-0.2, 0) is 4.79 Å². The van der Waals surface area contributed by atoms with Crippen molar-refractivity contribution in [3.63, 3.8) is 0 Å². The summed E-state index contributed by atoms with van der Waals surface area (Å²) in [6, 6.07) is 1.75. The zero-order chi connectivity index (χ0) is 14.8. The average Bonchev–Trinajstić information content (AvgIpc) is 2.25. The van der Waals surface area contributed by atoms with Crippen LogP contribution in [0.1, 0.15) is 13.8 Å². The average molecular weight is 272 g/mol.